The maximum Gasteiger partial charge on any atom is 0.441 e. The molecule has 0 heterocycles. The fourth-order valence-electron chi connectivity index (χ4n) is 2.01. The van der Waals surface area contributed by atoms with Gasteiger partial charge in [0.15, 0.2) is 0 Å². The van der Waals surface area contributed by atoms with Crippen molar-refractivity contribution in [2.75, 3.05) is 12.3 Å². The molecule has 1 N–H and O–H groups in total. The summed E-state index contributed by atoms with van der Waals surface area (Å²) in [4.78, 5) is 0. The normalized spacial score (nSPS) is 13.7. The van der Waals surface area contributed by atoms with Crippen LogP contribution in [0.3, 0.4) is 0 Å². The van der Waals surface area contributed by atoms with Crippen molar-refractivity contribution in [1.82, 2.24) is 5.32 Å². The molecule has 0 aliphatic heterocycles. The van der Waals surface area contributed by atoms with E-state index in [-0.39, 0.29) is 23.4 Å². The molecule has 0 fully saturated rings. The summed E-state index contributed by atoms with van der Waals surface area (Å²) in [6, 6.07) is 10.4. The Morgan fingerprint density at radius 3 is 2.35 bits per heavy atom. The standard InChI is InChI=1S/C15H22F3NS/c1-12(2)19-11-14(13-7-4-3-5-8-13)9-6-10-20-15(16,17)18/h3-5,7-8,12,14,19H,6,9-11H2,1-2H3. The zero-order valence-corrected chi connectivity index (χ0v) is 12.7. The van der Waals surface area contributed by atoms with Crippen molar-refractivity contribution < 1.29 is 13.2 Å². The summed E-state index contributed by atoms with van der Waals surface area (Å²) >= 11 is 0.0747. The molecule has 1 rings (SSSR count). The summed E-state index contributed by atoms with van der Waals surface area (Å²) in [6.45, 7) is 4.95. The largest absolute Gasteiger partial charge is 0.441 e. The Bertz CT molecular complexity index is 365. The Morgan fingerprint density at radius 2 is 1.80 bits per heavy atom. The predicted octanol–water partition coefficient (Wildman–Crippen LogP) is 4.80. The number of halogens is 3. The van der Waals surface area contributed by atoms with E-state index < -0.39 is 5.51 Å². The van der Waals surface area contributed by atoms with E-state index in [1.807, 2.05) is 30.3 Å². The van der Waals surface area contributed by atoms with Crippen molar-refractivity contribution in [3.8, 4) is 0 Å². The van der Waals surface area contributed by atoms with E-state index in [4.69, 9.17) is 0 Å². The van der Waals surface area contributed by atoms with Crippen molar-refractivity contribution >= 4 is 11.8 Å². The number of nitrogens with one attached hydrogen (secondary N) is 1. The molecule has 5 heteroatoms. The van der Waals surface area contributed by atoms with E-state index in [0.29, 0.717) is 12.5 Å². The lowest BCUT2D eigenvalue weighted by molar-refractivity contribution is -0.0328. The molecular formula is C15H22F3NS. The van der Waals surface area contributed by atoms with Crippen LogP contribution in [-0.2, 0) is 0 Å². The Hall–Kier alpha value is -0.680. The molecule has 114 valence electrons. The molecule has 0 saturated carbocycles. The zero-order valence-electron chi connectivity index (χ0n) is 11.9. The van der Waals surface area contributed by atoms with Crippen LogP contribution in [0.25, 0.3) is 0 Å². The SMILES string of the molecule is CC(C)NCC(CCCSC(F)(F)F)c1ccccc1. The van der Waals surface area contributed by atoms with Gasteiger partial charge in [-0.25, -0.2) is 0 Å². The van der Waals surface area contributed by atoms with Gasteiger partial charge in [-0.3, -0.25) is 0 Å². The molecule has 0 bridgehead atoms. The van der Waals surface area contributed by atoms with Gasteiger partial charge in [0, 0.05) is 18.3 Å². The lowest BCUT2D eigenvalue weighted by Gasteiger charge is -2.20. The molecule has 1 atom stereocenters. The topological polar surface area (TPSA) is 12.0 Å². The minimum atomic E-state index is -4.11. The Balaban J connectivity index is 2.47. The van der Waals surface area contributed by atoms with Gasteiger partial charge in [0.05, 0.1) is 0 Å². The highest BCUT2D eigenvalue weighted by atomic mass is 32.2. The maximum atomic E-state index is 12.1. The van der Waals surface area contributed by atoms with Crippen LogP contribution in [0.1, 0.15) is 38.2 Å². The van der Waals surface area contributed by atoms with Gasteiger partial charge in [0.25, 0.3) is 0 Å². The highest BCUT2D eigenvalue weighted by molar-refractivity contribution is 8.00. The predicted molar refractivity (Wildman–Crippen MR) is 80.1 cm³/mol. The van der Waals surface area contributed by atoms with Crippen LogP contribution in [0.2, 0.25) is 0 Å². The molecule has 1 aromatic rings. The van der Waals surface area contributed by atoms with E-state index >= 15 is 0 Å². The van der Waals surface area contributed by atoms with Gasteiger partial charge in [-0.05, 0) is 24.3 Å². The van der Waals surface area contributed by atoms with E-state index in [1.165, 1.54) is 5.56 Å². The van der Waals surface area contributed by atoms with E-state index in [1.54, 1.807) is 0 Å². The Labute approximate surface area is 123 Å². The first-order chi connectivity index (χ1) is 9.38. The monoisotopic (exact) mass is 305 g/mol. The average Bonchev–Trinajstić information content (AvgIpc) is 2.37. The Kier molecular flexibility index (Phi) is 7.45. The molecule has 1 unspecified atom stereocenters. The minimum Gasteiger partial charge on any atom is -0.314 e. The fourth-order valence-corrected chi connectivity index (χ4v) is 2.55. The number of thioether (sulfide) groups is 1. The van der Waals surface area contributed by atoms with Gasteiger partial charge in [0.1, 0.15) is 0 Å². The summed E-state index contributed by atoms with van der Waals surface area (Å²) < 4.78 is 36.3. The lowest BCUT2D eigenvalue weighted by Crippen LogP contribution is -2.28. The highest BCUT2D eigenvalue weighted by Gasteiger charge is 2.27. The van der Waals surface area contributed by atoms with Crippen molar-refractivity contribution in [1.29, 1.82) is 0 Å². The fraction of sp³-hybridized carbons (Fsp3) is 0.600. The van der Waals surface area contributed by atoms with Crippen molar-refractivity contribution in [3.05, 3.63) is 35.9 Å². The molecule has 0 aliphatic rings. The molecule has 0 aromatic heterocycles. The summed E-state index contributed by atoms with van der Waals surface area (Å²) in [5, 5.41) is 3.37. The number of alkyl halides is 3. The highest BCUT2D eigenvalue weighted by Crippen LogP contribution is 2.32. The van der Waals surface area contributed by atoms with Crippen LogP contribution in [0.5, 0.6) is 0 Å². The number of rotatable bonds is 8. The molecule has 1 aromatic carbocycles. The first-order valence-corrected chi connectivity index (χ1v) is 7.86. The van der Waals surface area contributed by atoms with Crippen LogP contribution in [0.15, 0.2) is 30.3 Å². The van der Waals surface area contributed by atoms with E-state index in [9.17, 15) is 13.2 Å². The van der Waals surface area contributed by atoms with Crippen LogP contribution >= 0.6 is 11.8 Å². The first kappa shape index (κ1) is 17.4. The zero-order chi connectivity index (χ0) is 15.0. The van der Waals surface area contributed by atoms with Crippen molar-refractivity contribution in [2.24, 2.45) is 0 Å². The molecule has 1 nitrogen and oxygen atoms in total. The second kappa shape index (κ2) is 8.57. The molecule has 0 amide bonds. The Morgan fingerprint density at radius 1 is 1.15 bits per heavy atom. The van der Waals surface area contributed by atoms with Gasteiger partial charge in [-0.1, -0.05) is 55.9 Å². The summed E-state index contributed by atoms with van der Waals surface area (Å²) in [5.74, 6) is 0.404. The van der Waals surface area contributed by atoms with Crippen LogP contribution in [-0.4, -0.2) is 23.8 Å². The maximum absolute atomic E-state index is 12.1. The summed E-state index contributed by atoms with van der Waals surface area (Å²) in [6.07, 6.45) is 1.34. The third-order valence-electron chi connectivity index (χ3n) is 3.01. The third kappa shape index (κ3) is 7.80. The third-order valence-corrected chi connectivity index (χ3v) is 3.83. The number of hydrogen-bond acceptors (Lipinski definition) is 2. The van der Waals surface area contributed by atoms with Crippen LogP contribution in [0.4, 0.5) is 13.2 Å². The second-order valence-electron chi connectivity index (χ2n) is 5.11. The lowest BCUT2D eigenvalue weighted by atomic mass is 9.94. The first-order valence-electron chi connectivity index (χ1n) is 6.87. The average molecular weight is 305 g/mol. The molecule has 0 saturated heterocycles. The molecule has 0 spiro atoms. The molecule has 0 radical (unpaired) electrons. The number of benzene rings is 1. The van der Waals surface area contributed by atoms with Crippen molar-refractivity contribution in [2.45, 2.75) is 44.2 Å². The smallest absolute Gasteiger partial charge is 0.314 e. The van der Waals surface area contributed by atoms with Crippen LogP contribution < -0.4 is 5.32 Å². The van der Waals surface area contributed by atoms with Crippen LogP contribution in [0, 0.1) is 0 Å². The van der Waals surface area contributed by atoms with Crippen molar-refractivity contribution in [3.63, 3.8) is 0 Å². The number of hydrogen-bond donors (Lipinski definition) is 1. The molecule has 20 heavy (non-hydrogen) atoms. The quantitative estimate of drug-likeness (QED) is 0.692. The second-order valence-corrected chi connectivity index (χ2v) is 6.27. The summed E-state index contributed by atoms with van der Waals surface area (Å²) in [7, 11) is 0. The van der Waals surface area contributed by atoms with E-state index in [2.05, 4.69) is 19.2 Å². The van der Waals surface area contributed by atoms with Gasteiger partial charge in [0.2, 0.25) is 0 Å². The molecule has 0 aliphatic carbocycles. The van der Waals surface area contributed by atoms with Gasteiger partial charge in [-0.15, -0.1) is 0 Å². The minimum absolute atomic E-state index is 0.0747. The summed E-state index contributed by atoms with van der Waals surface area (Å²) in [5.41, 5.74) is -2.92. The van der Waals surface area contributed by atoms with Gasteiger partial charge in [-0.2, -0.15) is 13.2 Å². The van der Waals surface area contributed by atoms with Gasteiger partial charge < -0.3 is 5.32 Å². The van der Waals surface area contributed by atoms with Gasteiger partial charge >= 0.3 is 5.51 Å². The molecular weight excluding hydrogens is 283 g/mol. The van der Waals surface area contributed by atoms with E-state index in [0.717, 1.165) is 13.0 Å².